The molecule has 0 unspecified atom stereocenters. The summed E-state index contributed by atoms with van der Waals surface area (Å²) in [6, 6.07) is 18.5. The number of methoxy groups -OCH3 is 1. The van der Waals surface area contributed by atoms with E-state index in [4.69, 9.17) is 4.74 Å². The number of ether oxygens (including phenoxy) is 1. The maximum absolute atomic E-state index is 13.8. The molecular weight excluding hydrogens is 524 g/mol. The number of nitro benzene ring substituents is 1. The van der Waals surface area contributed by atoms with Crippen molar-refractivity contribution >= 4 is 33.2 Å². The van der Waals surface area contributed by atoms with Crippen molar-refractivity contribution in [1.82, 2.24) is 10.2 Å². The van der Waals surface area contributed by atoms with Gasteiger partial charge in [-0.05, 0) is 48.4 Å². The molecule has 206 valence electrons. The molecule has 3 rings (SSSR count). The molecular formula is C27H30N4O7S. The third kappa shape index (κ3) is 6.90. The molecule has 0 heterocycles. The number of nitrogens with zero attached hydrogens (tertiary/aromatic N) is 3. The van der Waals surface area contributed by atoms with Crippen LogP contribution in [0.25, 0.3) is 0 Å². The number of sulfonamides is 1. The van der Waals surface area contributed by atoms with Gasteiger partial charge in [-0.25, -0.2) is 8.42 Å². The number of non-ortho nitro benzene ring substituents is 1. The lowest BCUT2D eigenvalue weighted by Gasteiger charge is -2.33. The van der Waals surface area contributed by atoms with Crippen LogP contribution in [-0.2, 0) is 26.2 Å². The maximum Gasteiger partial charge on any atom is 0.269 e. The van der Waals surface area contributed by atoms with Gasteiger partial charge in [-0.3, -0.25) is 24.0 Å². The molecule has 3 aromatic carbocycles. The van der Waals surface area contributed by atoms with Gasteiger partial charge >= 0.3 is 0 Å². The molecule has 0 fully saturated rings. The zero-order valence-electron chi connectivity index (χ0n) is 21.8. The zero-order chi connectivity index (χ0) is 28.6. The molecule has 0 saturated carbocycles. The standard InChI is InChI=1S/C27H30N4O7S/c1-4-25(27(33)28-2)29(18-20-10-16-23(38-3)17-11-20)26(32)19-30(21-12-14-22(15-13-21)31(34)35)39(36,37)24-8-6-5-7-9-24/h5-17,25H,4,18-19H2,1-3H3,(H,28,33)/t25-/m1/s1. The molecule has 0 aliphatic heterocycles. The minimum Gasteiger partial charge on any atom is -0.497 e. The van der Waals surface area contributed by atoms with Crippen molar-refractivity contribution in [3.8, 4) is 5.75 Å². The van der Waals surface area contributed by atoms with Crippen LogP contribution in [-0.4, -0.2) is 56.8 Å². The zero-order valence-corrected chi connectivity index (χ0v) is 22.6. The van der Waals surface area contributed by atoms with E-state index in [1.165, 1.54) is 55.5 Å². The van der Waals surface area contributed by atoms with Gasteiger partial charge < -0.3 is 15.0 Å². The molecule has 0 aromatic heterocycles. The molecule has 39 heavy (non-hydrogen) atoms. The number of likely N-dealkylation sites (N-methyl/N-ethyl adjacent to an activating group) is 1. The van der Waals surface area contributed by atoms with Crippen LogP contribution >= 0.6 is 0 Å². The summed E-state index contributed by atoms with van der Waals surface area (Å²) in [6.07, 6.45) is 0.282. The van der Waals surface area contributed by atoms with Crippen molar-refractivity contribution in [2.24, 2.45) is 0 Å². The van der Waals surface area contributed by atoms with E-state index in [2.05, 4.69) is 5.32 Å². The van der Waals surface area contributed by atoms with Crippen LogP contribution in [0.3, 0.4) is 0 Å². The second-order valence-electron chi connectivity index (χ2n) is 8.51. The number of carbonyl (C=O) groups excluding carboxylic acids is 2. The van der Waals surface area contributed by atoms with Gasteiger partial charge in [0.15, 0.2) is 0 Å². The van der Waals surface area contributed by atoms with E-state index < -0.39 is 39.3 Å². The predicted octanol–water partition coefficient (Wildman–Crippen LogP) is 3.35. The van der Waals surface area contributed by atoms with E-state index in [0.29, 0.717) is 11.3 Å². The first-order valence-electron chi connectivity index (χ1n) is 12.1. The molecule has 0 aliphatic rings. The van der Waals surface area contributed by atoms with Crippen LogP contribution in [0.4, 0.5) is 11.4 Å². The van der Waals surface area contributed by atoms with Gasteiger partial charge in [-0.15, -0.1) is 0 Å². The second kappa shape index (κ2) is 12.9. The Morgan fingerprint density at radius 3 is 2.13 bits per heavy atom. The molecule has 0 spiro atoms. The van der Waals surface area contributed by atoms with Gasteiger partial charge in [0.2, 0.25) is 11.8 Å². The molecule has 0 bridgehead atoms. The number of anilines is 1. The Morgan fingerprint density at radius 1 is 1.00 bits per heavy atom. The minimum absolute atomic E-state index is 0.0360. The topological polar surface area (TPSA) is 139 Å². The average molecular weight is 555 g/mol. The molecule has 11 nitrogen and oxygen atoms in total. The van der Waals surface area contributed by atoms with E-state index in [1.54, 1.807) is 49.4 Å². The number of rotatable bonds is 12. The lowest BCUT2D eigenvalue weighted by Crippen LogP contribution is -2.51. The molecule has 12 heteroatoms. The Hall–Kier alpha value is -4.45. The van der Waals surface area contributed by atoms with Crippen LogP contribution in [0.2, 0.25) is 0 Å². The number of amides is 2. The van der Waals surface area contributed by atoms with Crippen molar-refractivity contribution in [3.05, 3.63) is 94.5 Å². The van der Waals surface area contributed by atoms with E-state index in [-0.39, 0.29) is 29.2 Å². The highest BCUT2D eigenvalue weighted by atomic mass is 32.2. The van der Waals surface area contributed by atoms with E-state index in [1.807, 2.05) is 0 Å². The highest BCUT2D eigenvalue weighted by Gasteiger charge is 2.33. The third-order valence-corrected chi connectivity index (χ3v) is 7.89. The summed E-state index contributed by atoms with van der Waals surface area (Å²) in [5.74, 6) is -0.403. The van der Waals surface area contributed by atoms with E-state index >= 15 is 0 Å². The average Bonchev–Trinajstić information content (AvgIpc) is 2.96. The van der Waals surface area contributed by atoms with Crippen molar-refractivity contribution in [1.29, 1.82) is 0 Å². The summed E-state index contributed by atoms with van der Waals surface area (Å²) < 4.78 is 33.5. The predicted molar refractivity (Wildman–Crippen MR) is 146 cm³/mol. The highest BCUT2D eigenvalue weighted by Crippen LogP contribution is 2.27. The van der Waals surface area contributed by atoms with Gasteiger partial charge in [0.25, 0.3) is 15.7 Å². The molecule has 2 amide bonds. The normalized spacial score (nSPS) is 11.8. The fourth-order valence-corrected chi connectivity index (χ4v) is 5.44. The number of benzene rings is 3. The lowest BCUT2D eigenvalue weighted by molar-refractivity contribution is -0.384. The van der Waals surface area contributed by atoms with Gasteiger partial charge in [0.05, 0.1) is 22.6 Å². The van der Waals surface area contributed by atoms with Crippen molar-refractivity contribution in [2.75, 3.05) is 25.0 Å². The maximum atomic E-state index is 13.8. The monoisotopic (exact) mass is 554 g/mol. The molecule has 0 saturated heterocycles. The van der Waals surface area contributed by atoms with E-state index in [9.17, 15) is 28.1 Å². The fourth-order valence-electron chi connectivity index (χ4n) is 4.00. The number of nitro groups is 1. The first-order chi connectivity index (χ1) is 18.6. The molecule has 0 radical (unpaired) electrons. The Kier molecular flexibility index (Phi) is 9.61. The third-order valence-electron chi connectivity index (χ3n) is 6.10. The smallest absolute Gasteiger partial charge is 0.269 e. The number of hydrogen-bond donors (Lipinski definition) is 1. The van der Waals surface area contributed by atoms with Crippen LogP contribution in [0.5, 0.6) is 5.75 Å². The summed E-state index contributed by atoms with van der Waals surface area (Å²) in [5.41, 5.74) is 0.545. The number of hydrogen-bond acceptors (Lipinski definition) is 7. The van der Waals surface area contributed by atoms with Gasteiger partial charge in [0, 0.05) is 25.7 Å². The van der Waals surface area contributed by atoms with Crippen LogP contribution < -0.4 is 14.4 Å². The Morgan fingerprint density at radius 2 is 1.62 bits per heavy atom. The molecule has 0 aliphatic carbocycles. The quantitative estimate of drug-likeness (QED) is 0.268. The summed E-state index contributed by atoms with van der Waals surface area (Å²) in [5, 5.41) is 13.7. The molecule has 1 N–H and O–H groups in total. The number of nitrogens with one attached hydrogen (secondary N) is 1. The van der Waals surface area contributed by atoms with Crippen molar-refractivity contribution in [2.45, 2.75) is 30.8 Å². The van der Waals surface area contributed by atoms with Gasteiger partial charge in [0.1, 0.15) is 18.3 Å². The first-order valence-corrected chi connectivity index (χ1v) is 13.5. The summed E-state index contributed by atoms with van der Waals surface area (Å²) >= 11 is 0. The number of carbonyl (C=O) groups is 2. The highest BCUT2D eigenvalue weighted by molar-refractivity contribution is 7.92. The van der Waals surface area contributed by atoms with Crippen molar-refractivity contribution in [3.63, 3.8) is 0 Å². The summed E-state index contributed by atoms with van der Waals surface area (Å²) in [6.45, 7) is 1.15. The minimum atomic E-state index is -4.26. The Labute approximate surface area is 227 Å². The Bertz CT molecular complexity index is 1400. The SMILES string of the molecule is CC[C@H](C(=O)NC)N(Cc1ccc(OC)cc1)C(=O)CN(c1ccc([N+](=O)[O-])cc1)S(=O)(=O)c1ccccc1. The molecule has 3 aromatic rings. The van der Waals surface area contributed by atoms with Crippen LogP contribution in [0.15, 0.2) is 83.8 Å². The van der Waals surface area contributed by atoms with Crippen LogP contribution in [0, 0.1) is 10.1 Å². The summed E-state index contributed by atoms with van der Waals surface area (Å²) in [4.78, 5) is 38.4. The Balaban J connectivity index is 2.05. The van der Waals surface area contributed by atoms with Crippen molar-refractivity contribution < 1.29 is 27.7 Å². The second-order valence-corrected chi connectivity index (χ2v) is 10.4. The molecule has 1 atom stereocenters. The van der Waals surface area contributed by atoms with Gasteiger partial charge in [-0.1, -0.05) is 37.3 Å². The largest absolute Gasteiger partial charge is 0.497 e. The first kappa shape index (κ1) is 29.1. The lowest BCUT2D eigenvalue weighted by atomic mass is 10.1. The van der Waals surface area contributed by atoms with E-state index in [0.717, 1.165) is 4.31 Å². The van der Waals surface area contributed by atoms with Crippen LogP contribution in [0.1, 0.15) is 18.9 Å². The van der Waals surface area contributed by atoms with Gasteiger partial charge in [-0.2, -0.15) is 0 Å². The summed E-state index contributed by atoms with van der Waals surface area (Å²) in [7, 11) is -1.26. The fraction of sp³-hybridized carbons (Fsp3) is 0.259.